The fraction of sp³-hybridized carbons (Fsp3) is 0.368. The van der Waals surface area contributed by atoms with Gasteiger partial charge in [-0.15, -0.1) is 11.3 Å². The van der Waals surface area contributed by atoms with Crippen molar-refractivity contribution < 1.29 is 18.5 Å². The molecule has 4 rings (SSSR count). The first-order valence-corrected chi connectivity index (χ1v) is 9.61. The molecule has 1 saturated heterocycles. The maximum Gasteiger partial charge on any atom is 0.276 e. The zero-order valence-electron chi connectivity index (χ0n) is 14.3. The average Bonchev–Trinajstić information content (AvgIpc) is 3.43. The molecule has 1 fully saturated rings. The van der Waals surface area contributed by atoms with Crippen LogP contribution < -0.4 is 0 Å². The number of amides is 1. The Hall–Kier alpha value is -2.38. The van der Waals surface area contributed by atoms with Crippen molar-refractivity contribution in [3.8, 4) is 11.5 Å². The quantitative estimate of drug-likeness (QED) is 0.657. The predicted molar refractivity (Wildman–Crippen MR) is 97.1 cm³/mol. The highest BCUT2D eigenvalue weighted by Crippen LogP contribution is 2.23. The minimum Gasteiger partial charge on any atom is -0.461 e. The van der Waals surface area contributed by atoms with Gasteiger partial charge in [-0.3, -0.25) is 4.79 Å². The molecule has 0 atom stereocenters. The summed E-state index contributed by atoms with van der Waals surface area (Å²) < 4.78 is 16.1. The first-order valence-electron chi connectivity index (χ1n) is 8.73. The second-order valence-corrected chi connectivity index (χ2v) is 7.26. The molecular weight excluding hydrogens is 352 g/mol. The van der Waals surface area contributed by atoms with Gasteiger partial charge < -0.3 is 18.6 Å². The van der Waals surface area contributed by atoms with Crippen molar-refractivity contribution in [2.24, 2.45) is 0 Å². The summed E-state index contributed by atoms with van der Waals surface area (Å²) >= 11 is 1.71. The summed E-state index contributed by atoms with van der Waals surface area (Å²) in [6.45, 7) is 2.03. The van der Waals surface area contributed by atoms with Gasteiger partial charge in [-0.2, -0.15) is 0 Å². The summed E-state index contributed by atoms with van der Waals surface area (Å²) in [4.78, 5) is 16.3. The monoisotopic (exact) mass is 372 g/mol. The summed E-state index contributed by atoms with van der Waals surface area (Å²) in [7, 11) is 0. The Bertz CT molecular complexity index is 820. The van der Waals surface area contributed by atoms with Crippen molar-refractivity contribution >= 4 is 17.2 Å². The van der Waals surface area contributed by atoms with E-state index in [1.54, 1.807) is 35.8 Å². The minimum atomic E-state index is -0.102. The van der Waals surface area contributed by atoms with Crippen molar-refractivity contribution in [1.29, 1.82) is 0 Å². The molecule has 0 unspecified atom stereocenters. The molecule has 3 aromatic heterocycles. The lowest BCUT2D eigenvalue weighted by Crippen LogP contribution is -2.44. The number of carbonyl (C=O) groups is 1. The van der Waals surface area contributed by atoms with Crippen molar-refractivity contribution in [3.63, 3.8) is 0 Å². The summed E-state index contributed by atoms with van der Waals surface area (Å²) in [6.07, 6.45) is 4.09. The average molecular weight is 372 g/mol. The first kappa shape index (κ1) is 17.1. The summed E-state index contributed by atoms with van der Waals surface area (Å²) in [6, 6.07) is 9.51. The number of rotatable bonds is 6. The maximum atomic E-state index is 13.1. The number of hydrogen-bond acceptors (Lipinski definition) is 6. The van der Waals surface area contributed by atoms with E-state index in [-0.39, 0.29) is 11.9 Å². The summed E-state index contributed by atoms with van der Waals surface area (Å²) in [5.74, 6) is 0.922. The Balaban J connectivity index is 1.52. The maximum absolute atomic E-state index is 13.1. The van der Waals surface area contributed by atoms with Crippen LogP contribution in [0.3, 0.4) is 0 Å². The van der Waals surface area contributed by atoms with E-state index in [4.69, 9.17) is 13.7 Å². The highest BCUT2D eigenvalue weighted by molar-refractivity contribution is 7.09. The molecule has 0 aromatic carbocycles. The van der Waals surface area contributed by atoms with Crippen molar-refractivity contribution in [2.75, 3.05) is 19.8 Å². The second-order valence-electron chi connectivity index (χ2n) is 6.23. The van der Waals surface area contributed by atoms with Crippen LogP contribution in [0, 0.1) is 0 Å². The Kier molecular flexibility index (Phi) is 5.17. The molecule has 26 heavy (non-hydrogen) atoms. The number of aromatic nitrogens is 1. The summed E-state index contributed by atoms with van der Waals surface area (Å²) in [5, 5.41) is 6.04. The van der Waals surface area contributed by atoms with Gasteiger partial charge in [0.25, 0.3) is 5.91 Å². The molecule has 6 nitrogen and oxygen atoms in total. The van der Waals surface area contributed by atoms with E-state index in [1.165, 1.54) is 4.88 Å². The molecule has 0 aliphatic carbocycles. The van der Waals surface area contributed by atoms with Gasteiger partial charge in [-0.25, -0.2) is 0 Å². The minimum absolute atomic E-state index is 0.102. The Morgan fingerprint density at radius 2 is 2.12 bits per heavy atom. The third-order valence-corrected chi connectivity index (χ3v) is 5.50. The van der Waals surface area contributed by atoms with Crippen LogP contribution >= 0.6 is 11.3 Å². The lowest BCUT2D eigenvalue weighted by molar-refractivity contribution is 0.0288. The van der Waals surface area contributed by atoms with Crippen LogP contribution in [0.2, 0.25) is 0 Å². The first-order chi connectivity index (χ1) is 12.8. The molecule has 0 N–H and O–H groups in total. The topological polar surface area (TPSA) is 68.7 Å². The second kappa shape index (κ2) is 7.88. The standard InChI is InChI=1S/C19H20N2O4S/c22-19(16-13-18(25-20-16)17-4-1-9-24-17)21(14-6-10-23-11-7-14)8-5-15-3-2-12-26-15/h1-4,9,12-14H,5-8,10-11H2. The van der Waals surface area contributed by atoms with Gasteiger partial charge in [-0.1, -0.05) is 11.2 Å². The van der Waals surface area contributed by atoms with Crippen LogP contribution in [-0.4, -0.2) is 41.8 Å². The molecule has 1 aliphatic heterocycles. The lowest BCUT2D eigenvalue weighted by atomic mass is 10.1. The molecule has 4 heterocycles. The SMILES string of the molecule is O=C(c1cc(-c2ccco2)on1)N(CCc1cccs1)C1CCOCC1. The van der Waals surface area contributed by atoms with Gasteiger partial charge in [0.15, 0.2) is 11.5 Å². The van der Waals surface area contributed by atoms with Crippen LogP contribution in [0.15, 0.2) is 50.9 Å². The fourth-order valence-electron chi connectivity index (χ4n) is 3.19. The largest absolute Gasteiger partial charge is 0.461 e. The third-order valence-electron chi connectivity index (χ3n) is 4.56. The molecule has 136 valence electrons. The van der Waals surface area contributed by atoms with E-state index in [9.17, 15) is 4.79 Å². The van der Waals surface area contributed by atoms with Crippen LogP contribution in [0.4, 0.5) is 0 Å². The number of nitrogens with zero attached hydrogens (tertiary/aromatic N) is 2. The zero-order valence-corrected chi connectivity index (χ0v) is 15.1. The van der Waals surface area contributed by atoms with Crippen molar-refractivity contribution in [3.05, 3.63) is 52.5 Å². The molecule has 1 amide bonds. The van der Waals surface area contributed by atoms with Crippen LogP contribution in [0.1, 0.15) is 28.2 Å². The number of furan rings is 1. The zero-order chi connectivity index (χ0) is 17.8. The summed E-state index contributed by atoms with van der Waals surface area (Å²) in [5.41, 5.74) is 0.314. The normalized spacial score (nSPS) is 15.2. The highest BCUT2D eigenvalue weighted by atomic mass is 32.1. The van der Waals surface area contributed by atoms with E-state index in [0.717, 1.165) is 19.3 Å². The third kappa shape index (κ3) is 3.73. The van der Waals surface area contributed by atoms with Gasteiger partial charge in [0.1, 0.15) is 0 Å². The van der Waals surface area contributed by atoms with Crippen LogP contribution in [0.5, 0.6) is 0 Å². The van der Waals surface area contributed by atoms with Crippen LogP contribution in [-0.2, 0) is 11.2 Å². The Morgan fingerprint density at radius 1 is 1.23 bits per heavy atom. The van der Waals surface area contributed by atoms with Gasteiger partial charge in [0.05, 0.1) is 6.26 Å². The molecule has 1 aliphatic rings. The fourth-order valence-corrected chi connectivity index (χ4v) is 3.89. The van der Waals surface area contributed by atoms with Gasteiger partial charge in [0, 0.05) is 36.7 Å². The number of thiophene rings is 1. The van der Waals surface area contributed by atoms with Crippen molar-refractivity contribution in [2.45, 2.75) is 25.3 Å². The lowest BCUT2D eigenvalue weighted by Gasteiger charge is -2.33. The highest BCUT2D eigenvalue weighted by Gasteiger charge is 2.28. The number of carbonyl (C=O) groups excluding carboxylic acids is 1. The number of ether oxygens (including phenoxy) is 1. The van der Waals surface area contributed by atoms with E-state index in [2.05, 4.69) is 16.6 Å². The molecule has 3 aromatic rings. The van der Waals surface area contributed by atoms with Crippen molar-refractivity contribution in [1.82, 2.24) is 10.1 Å². The van der Waals surface area contributed by atoms with Crippen LogP contribution in [0.25, 0.3) is 11.5 Å². The molecule has 7 heteroatoms. The molecule has 0 saturated carbocycles. The number of hydrogen-bond donors (Lipinski definition) is 0. The predicted octanol–water partition coefficient (Wildman–Crippen LogP) is 3.86. The Labute approximate surface area is 155 Å². The van der Waals surface area contributed by atoms with Gasteiger partial charge in [0.2, 0.25) is 5.76 Å². The van der Waals surface area contributed by atoms with Gasteiger partial charge in [-0.05, 0) is 42.8 Å². The molecule has 0 radical (unpaired) electrons. The van der Waals surface area contributed by atoms with E-state index >= 15 is 0 Å². The Morgan fingerprint density at radius 3 is 2.85 bits per heavy atom. The molecule has 0 bridgehead atoms. The molecular formula is C19H20N2O4S. The van der Waals surface area contributed by atoms with E-state index in [1.807, 2.05) is 11.0 Å². The van der Waals surface area contributed by atoms with Gasteiger partial charge >= 0.3 is 0 Å². The smallest absolute Gasteiger partial charge is 0.276 e. The van der Waals surface area contributed by atoms with E-state index < -0.39 is 0 Å². The van der Waals surface area contributed by atoms with E-state index in [0.29, 0.717) is 37.0 Å². The molecule has 0 spiro atoms.